The molecule has 6 heteroatoms. The number of alkyl halides is 3. The van der Waals surface area contributed by atoms with Crippen LogP contribution in [0.3, 0.4) is 0 Å². The molecule has 3 nitrogen and oxygen atoms in total. The lowest BCUT2D eigenvalue weighted by Crippen LogP contribution is -2.29. The van der Waals surface area contributed by atoms with Crippen molar-refractivity contribution in [3.8, 4) is 0 Å². The number of carboxylic acid groups (broad SMARTS) is 1. The highest BCUT2D eigenvalue weighted by Gasteiger charge is 2.29. The lowest BCUT2D eigenvalue weighted by Gasteiger charge is -2.15. The summed E-state index contributed by atoms with van der Waals surface area (Å²) in [6, 6.07) is 4.85. The first-order valence-electron chi connectivity index (χ1n) is 6.79. The van der Waals surface area contributed by atoms with Crippen LogP contribution in [-0.2, 0) is 17.5 Å². The summed E-state index contributed by atoms with van der Waals surface area (Å²) < 4.78 is 37.2. The van der Waals surface area contributed by atoms with Crippen LogP contribution >= 0.6 is 0 Å². The van der Waals surface area contributed by atoms with Gasteiger partial charge in [-0.25, -0.2) is 0 Å². The minimum absolute atomic E-state index is 0.277. The van der Waals surface area contributed by atoms with E-state index >= 15 is 0 Å². The first kappa shape index (κ1) is 17.5. The Balaban J connectivity index is 2.50. The van der Waals surface area contributed by atoms with E-state index in [1.165, 1.54) is 12.1 Å². The zero-order chi connectivity index (χ0) is 16.0. The zero-order valence-electron chi connectivity index (χ0n) is 12.1. The lowest BCUT2D eigenvalue weighted by molar-refractivity contribution is -0.142. The SMILES string of the molecule is CC(C)CC(CNCc1ccc(C(F)(F)F)cc1)C(=O)O. The Hall–Kier alpha value is -1.56. The molecule has 1 unspecified atom stereocenters. The Morgan fingerprint density at radius 3 is 2.24 bits per heavy atom. The van der Waals surface area contributed by atoms with E-state index < -0.39 is 23.6 Å². The van der Waals surface area contributed by atoms with Gasteiger partial charge in [0.05, 0.1) is 11.5 Å². The Morgan fingerprint density at radius 2 is 1.81 bits per heavy atom. The molecule has 0 radical (unpaired) electrons. The second-order valence-corrected chi connectivity index (χ2v) is 5.49. The second kappa shape index (κ2) is 7.45. The summed E-state index contributed by atoms with van der Waals surface area (Å²) in [5, 5.41) is 12.1. The highest BCUT2D eigenvalue weighted by atomic mass is 19.4. The van der Waals surface area contributed by atoms with Crippen LogP contribution in [0.15, 0.2) is 24.3 Å². The third-order valence-corrected chi connectivity index (χ3v) is 3.11. The van der Waals surface area contributed by atoms with Gasteiger partial charge in [-0.3, -0.25) is 4.79 Å². The van der Waals surface area contributed by atoms with Crippen molar-refractivity contribution in [3.63, 3.8) is 0 Å². The van der Waals surface area contributed by atoms with Gasteiger partial charge in [0.15, 0.2) is 0 Å². The van der Waals surface area contributed by atoms with Crippen LogP contribution < -0.4 is 5.32 Å². The Morgan fingerprint density at radius 1 is 1.24 bits per heavy atom. The number of benzene rings is 1. The van der Waals surface area contributed by atoms with Gasteiger partial charge in [0.2, 0.25) is 0 Å². The molecule has 0 aliphatic heterocycles. The molecule has 118 valence electrons. The van der Waals surface area contributed by atoms with Gasteiger partial charge < -0.3 is 10.4 Å². The molecule has 0 aliphatic carbocycles. The molecule has 0 bridgehead atoms. The average molecular weight is 303 g/mol. The van der Waals surface area contributed by atoms with Crippen molar-refractivity contribution in [1.82, 2.24) is 5.32 Å². The van der Waals surface area contributed by atoms with Gasteiger partial charge in [0.1, 0.15) is 0 Å². The normalized spacial score (nSPS) is 13.4. The van der Waals surface area contributed by atoms with Gasteiger partial charge >= 0.3 is 12.1 Å². The molecule has 21 heavy (non-hydrogen) atoms. The van der Waals surface area contributed by atoms with Crippen LogP contribution in [0, 0.1) is 11.8 Å². The molecular formula is C15H20F3NO2. The van der Waals surface area contributed by atoms with Gasteiger partial charge in [0.25, 0.3) is 0 Å². The van der Waals surface area contributed by atoms with E-state index in [9.17, 15) is 18.0 Å². The number of rotatable bonds is 7. The van der Waals surface area contributed by atoms with E-state index in [0.717, 1.165) is 12.1 Å². The van der Waals surface area contributed by atoms with E-state index in [-0.39, 0.29) is 5.92 Å². The lowest BCUT2D eigenvalue weighted by atomic mass is 9.97. The molecule has 0 amide bonds. The third kappa shape index (κ3) is 6.16. The number of hydrogen-bond donors (Lipinski definition) is 2. The predicted molar refractivity (Wildman–Crippen MR) is 73.7 cm³/mol. The van der Waals surface area contributed by atoms with Crippen molar-refractivity contribution in [2.75, 3.05) is 6.54 Å². The van der Waals surface area contributed by atoms with Crippen molar-refractivity contribution in [3.05, 3.63) is 35.4 Å². The summed E-state index contributed by atoms with van der Waals surface area (Å²) in [5.74, 6) is -1.07. The van der Waals surface area contributed by atoms with E-state index in [0.29, 0.717) is 25.1 Å². The van der Waals surface area contributed by atoms with Crippen LogP contribution in [-0.4, -0.2) is 17.6 Å². The van der Waals surface area contributed by atoms with Crippen LogP contribution in [0.5, 0.6) is 0 Å². The van der Waals surface area contributed by atoms with Gasteiger partial charge in [-0.1, -0.05) is 26.0 Å². The van der Waals surface area contributed by atoms with Crippen LogP contribution in [0.2, 0.25) is 0 Å². The molecule has 0 heterocycles. The van der Waals surface area contributed by atoms with Gasteiger partial charge in [-0.2, -0.15) is 13.2 Å². The molecule has 0 fully saturated rings. The van der Waals surface area contributed by atoms with Crippen molar-refractivity contribution in [2.45, 2.75) is 33.0 Å². The monoisotopic (exact) mass is 303 g/mol. The number of aliphatic carboxylic acids is 1. The summed E-state index contributed by atoms with van der Waals surface area (Å²) in [6.45, 7) is 4.55. The fourth-order valence-electron chi connectivity index (χ4n) is 2.04. The highest BCUT2D eigenvalue weighted by molar-refractivity contribution is 5.70. The standard InChI is InChI=1S/C15H20F3NO2/c1-10(2)7-12(14(20)21)9-19-8-11-3-5-13(6-4-11)15(16,17)18/h3-6,10,12,19H,7-9H2,1-2H3,(H,20,21). The molecule has 0 saturated carbocycles. The number of nitrogens with one attached hydrogen (secondary N) is 1. The van der Waals surface area contributed by atoms with Crippen LogP contribution in [0.25, 0.3) is 0 Å². The van der Waals surface area contributed by atoms with E-state index in [1.54, 1.807) is 0 Å². The molecule has 0 spiro atoms. The topological polar surface area (TPSA) is 49.3 Å². The summed E-state index contributed by atoms with van der Waals surface area (Å²) in [4.78, 5) is 11.1. The number of carboxylic acids is 1. The van der Waals surface area contributed by atoms with Crippen LogP contribution in [0.4, 0.5) is 13.2 Å². The summed E-state index contributed by atoms with van der Waals surface area (Å²) in [6.07, 6.45) is -3.77. The minimum Gasteiger partial charge on any atom is -0.481 e. The largest absolute Gasteiger partial charge is 0.481 e. The van der Waals surface area contributed by atoms with Gasteiger partial charge in [-0.15, -0.1) is 0 Å². The van der Waals surface area contributed by atoms with E-state index in [2.05, 4.69) is 5.32 Å². The predicted octanol–water partition coefficient (Wildman–Crippen LogP) is 3.54. The molecule has 1 atom stereocenters. The number of halogens is 3. The van der Waals surface area contributed by atoms with Crippen LogP contribution in [0.1, 0.15) is 31.4 Å². The molecule has 0 aliphatic rings. The minimum atomic E-state index is -4.34. The maximum atomic E-state index is 12.4. The maximum absolute atomic E-state index is 12.4. The fraction of sp³-hybridized carbons (Fsp3) is 0.533. The molecule has 0 aromatic heterocycles. The Labute approximate surface area is 122 Å². The molecule has 2 N–H and O–H groups in total. The van der Waals surface area contributed by atoms with Crippen molar-refractivity contribution in [2.24, 2.45) is 11.8 Å². The quantitative estimate of drug-likeness (QED) is 0.810. The third-order valence-electron chi connectivity index (χ3n) is 3.11. The summed E-state index contributed by atoms with van der Waals surface area (Å²) in [7, 11) is 0. The highest BCUT2D eigenvalue weighted by Crippen LogP contribution is 2.29. The van der Waals surface area contributed by atoms with Crippen molar-refractivity contribution in [1.29, 1.82) is 0 Å². The maximum Gasteiger partial charge on any atom is 0.416 e. The number of hydrogen-bond acceptors (Lipinski definition) is 2. The molecule has 1 aromatic rings. The average Bonchev–Trinajstić information content (AvgIpc) is 2.36. The Bertz CT molecular complexity index is 455. The zero-order valence-corrected chi connectivity index (χ0v) is 12.1. The van der Waals surface area contributed by atoms with E-state index in [4.69, 9.17) is 5.11 Å². The first-order chi connectivity index (χ1) is 9.70. The van der Waals surface area contributed by atoms with Gasteiger partial charge in [0, 0.05) is 13.1 Å². The smallest absolute Gasteiger partial charge is 0.416 e. The summed E-state index contributed by atoms with van der Waals surface area (Å²) in [5.41, 5.74) is 0.00570. The van der Waals surface area contributed by atoms with Crippen molar-refractivity contribution < 1.29 is 23.1 Å². The van der Waals surface area contributed by atoms with Gasteiger partial charge in [-0.05, 0) is 30.0 Å². The molecule has 1 aromatic carbocycles. The molecule has 1 rings (SSSR count). The fourth-order valence-corrected chi connectivity index (χ4v) is 2.04. The second-order valence-electron chi connectivity index (χ2n) is 5.49. The van der Waals surface area contributed by atoms with E-state index in [1.807, 2.05) is 13.8 Å². The Kier molecular flexibility index (Phi) is 6.20. The first-order valence-corrected chi connectivity index (χ1v) is 6.79. The summed E-state index contributed by atoms with van der Waals surface area (Å²) >= 11 is 0. The molecule has 0 saturated heterocycles. The number of carbonyl (C=O) groups is 1. The van der Waals surface area contributed by atoms with Crippen molar-refractivity contribution >= 4 is 5.97 Å². The molecular weight excluding hydrogens is 283 g/mol.